The molecule has 0 aliphatic carbocycles. The van der Waals surface area contributed by atoms with Crippen molar-refractivity contribution in [3.63, 3.8) is 0 Å². The molecule has 1 aromatic rings. The molecule has 4 heteroatoms. The van der Waals surface area contributed by atoms with Crippen LogP contribution in [0.15, 0.2) is 12.1 Å². The first-order valence-electron chi connectivity index (χ1n) is 6.69. The van der Waals surface area contributed by atoms with E-state index in [9.17, 15) is 0 Å². The molecule has 1 saturated heterocycles. The number of hydrogen-bond acceptors (Lipinski definition) is 3. The molecule has 3 nitrogen and oxygen atoms in total. The molecule has 0 aromatic carbocycles. The molecule has 0 spiro atoms. The fourth-order valence-electron chi connectivity index (χ4n) is 2.73. The van der Waals surface area contributed by atoms with E-state index in [0.717, 1.165) is 29.6 Å². The average Bonchev–Trinajstić information content (AvgIpc) is 2.80. The zero-order valence-electron chi connectivity index (χ0n) is 11.4. The van der Waals surface area contributed by atoms with Crippen LogP contribution in [0.25, 0.3) is 0 Å². The second-order valence-corrected chi connectivity index (χ2v) is 5.71. The Morgan fingerprint density at radius 3 is 2.94 bits per heavy atom. The number of rotatable bonds is 4. The van der Waals surface area contributed by atoms with E-state index in [2.05, 4.69) is 29.0 Å². The van der Waals surface area contributed by atoms with Crippen molar-refractivity contribution >= 4 is 17.4 Å². The maximum absolute atomic E-state index is 6.24. The number of anilines is 1. The van der Waals surface area contributed by atoms with E-state index in [-0.39, 0.29) is 0 Å². The summed E-state index contributed by atoms with van der Waals surface area (Å²) < 4.78 is 0. The van der Waals surface area contributed by atoms with Crippen molar-refractivity contribution in [1.82, 2.24) is 9.88 Å². The molecular formula is C14H22ClN3. The first-order valence-corrected chi connectivity index (χ1v) is 7.07. The molecule has 1 aromatic heterocycles. The van der Waals surface area contributed by atoms with Gasteiger partial charge in [0.15, 0.2) is 0 Å². The summed E-state index contributed by atoms with van der Waals surface area (Å²) in [5.41, 5.74) is 0.982. The van der Waals surface area contributed by atoms with Crippen LogP contribution in [0.2, 0.25) is 5.02 Å². The minimum absolute atomic E-state index is 0.668. The second kappa shape index (κ2) is 5.89. The fourth-order valence-corrected chi connectivity index (χ4v) is 2.90. The Labute approximate surface area is 115 Å². The molecule has 1 aliphatic heterocycles. The molecular weight excluding hydrogens is 246 g/mol. The van der Waals surface area contributed by atoms with Crippen molar-refractivity contribution in [2.45, 2.75) is 39.3 Å². The molecule has 0 bridgehead atoms. The monoisotopic (exact) mass is 267 g/mol. The largest absolute Gasteiger partial charge is 0.373 e. The Balaban J connectivity index is 2.13. The zero-order chi connectivity index (χ0) is 13.1. The smallest absolute Gasteiger partial charge is 0.126 e. The lowest BCUT2D eigenvalue weighted by molar-refractivity contribution is 0.197. The SMILES string of the molecule is CNc1ccc(Cl)c(CN2CCCC2C(C)C)n1. The summed E-state index contributed by atoms with van der Waals surface area (Å²) in [6, 6.07) is 4.51. The summed E-state index contributed by atoms with van der Waals surface area (Å²) in [5.74, 6) is 1.58. The Morgan fingerprint density at radius 1 is 1.50 bits per heavy atom. The van der Waals surface area contributed by atoms with Gasteiger partial charge in [-0.05, 0) is 37.4 Å². The number of nitrogens with one attached hydrogen (secondary N) is 1. The summed E-state index contributed by atoms with van der Waals surface area (Å²) >= 11 is 6.24. The standard InChI is InChI=1S/C14H22ClN3/c1-10(2)13-5-4-8-18(13)9-12-11(15)6-7-14(16-3)17-12/h6-7,10,13H,4-5,8-9H2,1-3H3,(H,16,17). The molecule has 0 radical (unpaired) electrons. The number of nitrogens with zero attached hydrogens (tertiary/aromatic N) is 2. The normalized spacial score (nSPS) is 20.6. The maximum Gasteiger partial charge on any atom is 0.126 e. The van der Waals surface area contributed by atoms with Gasteiger partial charge in [0.05, 0.1) is 10.7 Å². The van der Waals surface area contributed by atoms with Crippen LogP contribution in [0.4, 0.5) is 5.82 Å². The lowest BCUT2D eigenvalue weighted by Gasteiger charge is -2.27. The third-order valence-corrected chi connectivity index (χ3v) is 4.06. The fraction of sp³-hybridized carbons (Fsp3) is 0.643. The molecule has 0 amide bonds. The highest BCUT2D eigenvalue weighted by Gasteiger charge is 2.27. The van der Waals surface area contributed by atoms with Crippen LogP contribution in [-0.4, -0.2) is 29.5 Å². The Bertz CT molecular complexity index is 406. The van der Waals surface area contributed by atoms with Crippen LogP contribution in [0.3, 0.4) is 0 Å². The van der Waals surface area contributed by atoms with E-state index in [0.29, 0.717) is 12.0 Å². The first-order chi connectivity index (χ1) is 8.61. The Morgan fingerprint density at radius 2 is 2.28 bits per heavy atom. The molecule has 0 saturated carbocycles. The molecule has 1 N–H and O–H groups in total. The zero-order valence-corrected chi connectivity index (χ0v) is 12.2. The van der Waals surface area contributed by atoms with E-state index < -0.39 is 0 Å². The van der Waals surface area contributed by atoms with Gasteiger partial charge in [0.1, 0.15) is 5.82 Å². The van der Waals surface area contributed by atoms with Crippen LogP contribution in [-0.2, 0) is 6.54 Å². The molecule has 1 atom stereocenters. The maximum atomic E-state index is 6.24. The molecule has 1 fully saturated rings. The molecule has 1 aliphatic rings. The number of hydrogen-bond donors (Lipinski definition) is 1. The molecule has 2 rings (SSSR count). The van der Waals surface area contributed by atoms with E-state index >= 15 is 0 Å². The molecule has 1 unspecified atom stereocenters. The third kappa shape index (κ3) is 2.96. The first kappa shape index (κ1) is 13.6. The predicted octanol–water partition coefficient (Wildman–Crippen LogP) is 3.40. The number of halogens is 1. The van der Waals surface area contributed by atoms with Crippen molar-refractivity contribution in [3.05, 3.63) is 22.8 Å². The van der Waals surface area contributed by atoms with Gasteiger partial charge in [-0.15, -0.1) is 0 Å². The van der Waals surface area contributed by atoms with E-state index in [1.54, 1.807) is 0 Å². The lowest BCUT2D eigenvalue weighted by atomic mass is 10.0. The minimum atomic E-state index is 0.668. The lowest BCUT2D eigenvalue weighted by Crippen LogP contribution is -2.33. The Hall–Kier alpha value is -0.800. The van der Waals surface area contributed by atoms with Crippen molar-refractivity contribution < 1.29 is 0 Å². The summed E-state index contributed by atoms with van der Waals surface area (Å²) in [4.78, 5) is 7.08. The highest BCUT2D eigenvalue weighted by molar-refractivity contribution is 6.31. The van der Waals surface area contributed by atoms with Gasteiger partial charge in [-0.1, -0.05) is 25.4 Å². The Kier molecular flexibility index (Phi) is 4.46. The van der Waals surface area contributed by atoms with Crippen LogP contribution in [0.1, 0.15) is 32.4 Å². The van der Waals surface area contributed by atoms with E-state index in [1.807, 2.05) is 19.2 Å². The topological polar surface area (TPSA) is 28.2 Å². The third-order valence-electron chi connectivity index (χ3n) is 3.71. The second-order valence-electron chi connectivity index (χ2n) is 5.30. The summed E-state index contributed by atoms with van der Waals surface area (Å²) in [7, 11) is 1.88. The minimum Gasteiger partial charge on any atom is -0.373 e. The molecule has 18 heavy (non-hydrogen) atoms. The van der Waals surface area contributed by atoms with Gasteiger partial charge in [-0.3, -0.25) is 4.90 Å². The van der Waals surface area contributed by atoms with Gasteiger partial charge in [-0.25, -0.2) is 4.98 Å². The molecule has 2 heterocycles. The van der Waals surface area contributed by atoms with Crippen LogP contribution in [0, 0.1) is 5.92 Å². The predicted molar refractivity (Wildman–Crippen MR) is 77.1 cm³/mol. The van der Waals surface area contributed by atoms with Crippen molar-refractivity contribution in [2.24, 2.45) is 5.92 Å². The van der Waals surface area contributed by atoms with Gasteiger partial charge in [0.25, 0.3) is 0 Å². The van der Waals surface area contributed by atoms with Crippen molar-refractivity contribution in [3.8, 4) is 0 Å². The van der Waals surface area contributed by atoms with Gasteiger partial charge in [0, 0.05) is 19.6 Å². The van der Waals surface area contributed by atoms with Gasteiger partial charge < -0.3 is 5.32 Å². The van der Waals surface area contributed by atoms with E-state index in [4.69, 9.17) is 11.6 Å². The van der Waals surface area contributed by atoms with Crippen molar-refractivity contribution in [1.29, 1.82) is 0 Å². The number of likely N-dealkylation sites (tertiary alicyclic amines) is 1. The van der Waals surface area contributed by atoms with Crippen molar-refractivity contribution in [2.75, 3.05) is 18.9 Å². The molecule has 100 valence electrons. The van der Waals surface area contributed by atoms with Gasteiger partial charge in [-0.2, -0.15) is 0 Å². The highest BCUT2D eigenvalue weighted by atomic mass is 35.5. The average molecular weight is 268 g/mol. The summed E-state index contributed by atoms with van der Waals surface area (Å²) in [6.45, 7) is 6.60. The highest BCUT2D eigenvalue weighted by Crippen LogP contribution is 2.27. The van der Waals surface area contributed by atoms with Crippen LogP contribution in [0.5, 0.6) is 0 Å². The summed E-state index contributed by atoms with van der Waals surface area (Å²) in [5, 5.41) is 3.83. The number of aromatic nitrogens is 1. The quantitative estimate of drug-likeness (QED) is 0.906. The van der Waals surface area contributed by atoms with Gasteiger partial charge in [0.2, 0.25) is 0 Å². The van der Waals surface area contributed by atoms with E-state index in [1.165, 1.54) is 12.8 Å². The van der Waals surface area contributed by atoms with Crippen LogP contribution >= 0.6 is 11.6 Å². The van der Waals surface area contributed by atoms with Crippen LogP contribution < -0.4 is 5.32 Å². The summed E-state index contributed by atoms with van der Waals surface area (Å²) in [6.07, 6.45) is 2.58. The van der Waals surface area contributed by atoms with Gasteiger partial charge >= 0.3 is 0 Å². The number of pyridine rings is 1.